The fraction of sp³-hybridized carbons (Fsp3) is 0.167. The van der Waals surface area contributed by atoms with Crippen LogP contribution in [0.4, 0.5) is 5.69 Å². The van der Waals surface area contributed by atoms with Gasteiger partial charge in [-0.25, -0.2) is 4.98 Å². The third-order valence-corrected chi connectivity index (χ3v) is 2.67. The van der Waals surface area contributed by atoms with E-state index in [2.05, 4.69) is 4.98 Å². The van der Waals surface area contributed by atoms with E-state index in [0.717, 1.165) is 5.56 Å². The van der Waals surface area contributed by atoms with Gasteiger partial charge in [-0.15, -0.1) is 0 Å². The van der Waals surface area contributed by atoms with Crippen LogP contribution >= 0.6 is 0 Å². The maximum absolute atomic E-state index is 9.46. The van der Waals surface area contributed by atoms with Crippen LogP contribution in [0.15, 0.2) is 30.3 Å². The van der Waals surface area contributed by atoms with Gasteiger partial charge in [0.25, 0.3) is 5.62 Å². The highest BCUT2D eigenvalue weighted by atomic mass is 16.5. The first-order valence-electron chi connectivity index (χ1n) is 5.25. The summed E-state index contributed by atoms with van der Waals surface area (Å²) >= 11 is 0. The molecule has 2 aromatic rings. The number of nitrogens with two attached hydrogens (primary N) is 1. The van der Waals surface area contributed by atoms with Crippen LogP contribution in [-0.4, -0.2) is 14.9 Å². The van der Waals surface area contributed by atoms with E-state index < -0.39 is 0 Å². The molecule has 88 valence electrons. The van der Waals surface area contributed by atoms with Gasteiger partial charge in [0.05, 0.1) is 17.1 Å². The smallest absolute Gasteiger partial charge is 0.256 e. The molecule has 1 aromatic heterocycles. The summed E-state index contributed by atoms with van der Waals surface area (Å²) in [6, 6.07) is 9.76. The van der Waals surface area contributed by atoms with Crippen molar-refractivity contribution in [3.05, 3.63) is 52.9 Å². The molecule has 0 aliphatic heterocycles. The lowest BCUT2D eigenvalue weighted by Gasteiger charge is -2.10. The van der Waals surface area contributed by atoms with Crippen molar-refractivity contribution in [2.45, 2.75) is 13.3 Å². The summed E-state index contributed by atoms with van der Waals surface area (Å²) in [7, 11) is 0. The Morgan fingerprint density at radius 1 is 1.35 bits per heavy atom. The van der Waals surface area contributed by atoms with Crippen molar-refractivity contribution in [2.24, 2.45) is 0 Å². The normalized spacial score (nSPS) is 10.4. The zero-order valence-corrected chi connectivity index (χ0v) is 9.51. The topological polar surface area (TPSA) is 87.9 Å². The molecule has 0 fully saturated rings. The van der Waals surface area contributed by atoms with Gasteiger partial charge in [0, 0.05) is 6.42 Å². The van der Waals surface area contributed by atoms with Crippen molar-refractivity contribution in [1.29, 1.82) is 5.41 Å². The zero-order chi connectivity index (χ0) is 12.4. The molecular weight excluding hydrogens is 216 g/mol. The number of rotatable bonds is 2. The van der Waals surface area contributed by atoms with Gasteiger partial charge in [-0.2, -0.15) is 4.73 Å². The van der Waals surface area contributed by atoms with Crippen LogP contribution in [-0.2, 0) is 6.42 Å². The molecule has 0 aliphatic rings. The molecule has 0 unspecified atom stereocenters. The quantitative estimate of drug-likeness (QED) is 0.674. The minimum absolute atomic E-state index is 0.206. The van der Waals surface area contributed by atoms with Crippen molar-refractivity contribution in [3.8, 4) is 0 Å². The van der Waals surface area contributed by atoms with E-state index in [-0.39, 0.29) is 5.62 Å². The van der Waals surface area contributed by atoms with E-state index in [1.54, 1.807) is 6.92 Å². The number of nitrogen functional groups attached to an aromatic ring is 1. The first-order chi connectivity index (χ1) is 8.09. The van der Waals surface area contributed by atoms with Crippen LogP contribution in [0.1, 0.15) is 17.0 Å². The lowest BCUT2D eigenvalue weighted by atomic mass is 10.1. The standard InChI is InChI=1S/C12H14N4O/c1-8-11(13)10(15-12(14)16(8)17)7-9-5-3-2-4-6-9/h2-6,14,17H,7,13H2,1H3. The van der Waals surface area contributed by atoms with Crippen LogP contribution < -0.4 is 11.4 Å². The molecule has 2 rings (SSSR count). The molecule has 5 heteroatoms. The average Bonchev–Trinajstić information content (AvgIpc) is 2.35. The van der Waals surface area contributed by atoms with Gasteiger partial charge in [-0.3, -0.25) is 5.41 Å². The van der Waals surface area contributed by atoms with Crippen LogP contribution in [0.2, 0.25) is 0 Å². The monoisotopic (exact) mass is 230 g/mol. The van der Waals surface area contributed by atoms with Crippen molar-refractivity contribution < 1.29 is 5.21 Å². The summed E-state index contributed by atoms with van der Waals surface area (Å²) in [6.07, 6.45) is 0.556. The van der Waals surface area contributed by atoms with Crippen LogP contribution in [0.3, 0.4) is 0 Å². The third-order valence-electron chi connectivity index (χ3n) is 2.67. The molecule has 0 saturated carbocycles. The molecule has 17 heavy (non-hydrogen) atoms. The summed E-state index contributed by atoms with van der Waals surface area (Å²) in [5, 5.41) is 17.0. The van der Waals surface area contributed by atoms with E-state index >= 15 is 0 Å². The number of benzene rings is 1. The molecule has 0 radical (unpaired) electrons. The highest BCUT2D eigenvalue weighted by molar-refractivity contribution is 5.48. The Labute approximate surface area is 98.6 Å². The minimum atomic E-state index is -0.206. The van der Waals surface area contributed by atoms with Crippen LogP contribution in [0.5, 0.6) is 0 Å². The second-order valence-corrected chi connectivity index (χ2v) is 3.86. The Kier molecular flexibility index (Phi) is 2.82. The number of nitrogens with one attached hydrogen (secondary N) is 1. The molecule has 1 heterocycles. The predicted octanol–water partition coefficient (Wildman–Crippen LogP) is 1.08. The van der Waals surface area contributed by atoms with Gasteiger partial charge in [-0.1, -0.05) is 30.3 Å². The Hall–Kier alpha value is -2.30. The van der Waals surface area contributed by atoms with E-state index in [4.69, 9.17) is 11.1 Å². The zero-order valence-electron chi connectivity index (χ0n) is 9.51. The van der Waals surface area contributed by atoms with E-state index in [0.29, 0.717) is 28.2 Å². The molecule has 5 nitrogen and oxygen atoms in total. The highest BCUT2D eigenvalue weighted by Crippen LogP contribution is 2.15. The molecule has 0 spiro atoms. The summed E-state index contributed by atoms with van der Waals surface area (Å²) in [4.78, 5) is 3.98. The summed E-state index contributed by atoms with van der Waals surface area (Å²) in [6.45, 7) is 1.66. The van der Waals surface area contributed by atoms with E-state index in [9.17, 15) is 5.21 Å². The Morgan fingerprint density at radius 3 is 2.65 bits per heavy atom. The molecule has 0 saturated heterocycles. The van der Waals surface area contributed by atoms with Gasteiger partial charge in [-0.05, 0) is 12.5 Å². The number of hydrogen-bond donors (Lipinski definition) is 3. The number of aromatic nitrogens is 2. The van der Waals surface area contributed by atoms with Crippen molar-refractivity contribution in [2.75, 3.05) is 5.73 Å². The molecule has 0 aliphatic carbocycles. The molecule has 0 bridgehead atoms. The molecular formula is C12H14N4O. The van der Waals surface area contributed by atoms with Crippen molar-refractivity contribution >= 4 is 5.69 Å². The maximum atomic E-state index is 9.46. The Bertz CT molecular complexity index is 589. The number of hydrogen-bond acceptors (Lipinski definition) is 4. The fourth-order valence-electron chi connectivity index (χ4n) is 1.64. The summed E-state index contributed by atoms with van der Waals surface area (Å²) in [5.41, 5.74) is 8.22. The van der Waals surface area contributed by atoms with Gasteiger partial charge in [0.15, 0.2) is 0 Å². The largest absolute Gasteiger partial charge is 0.425 e. The van der Waals surface area contributed by atoms with Crippen molar-refractivity contribution in [1.82, 2.24) is 9.71 Å². The van der Waals surface area contributed by atoms with Crippen LogP contribution in [0.25, 0.3) is 0 Å². The van der Waals surface area contributed by atoms with Crippen molar-refractivity contribution in [3.63, 3.8) is 0 Å². The third kappa shape index (κ3) is 2.13. The lowest BCUT2D eigenvalue weighted by molar-refractivity contribution is 0.158. The minimum Gasteiger partial charge on any atom is -0.425 e. The lowest BCUT2D eigenvalue weighted by Crippen LogP contribution is -2.26. The molecule has 1 aromatic carbocycles. The predicted molar refractivity (Wildman–Crippen MR) is 63.7 cm³/mol. The van der Waals surface area contributed by atoms with Gasteiger partial charge in [0.1, 0.15) is 0 Å². The van der Waals surface area contributed by atoms with Gasteiger partial charge in [0.2, 0.25) is 0 Å². The summed E-state index contributed by atoms with van der Waals surface area (Å²) < 4.78 is 0.684. The maximum Gasteiger partial charge on any atom is 0.256 e. The average molecular weight is 230 g/mol. The van der Waals surface area contributed by atoms with E-state index in [1.165, 1.54) is 0 Å². The number of anilines is 1. The van der Waals surface area contributed by atoms with E-state index in [1.807, 2.05) is 30.3 Å². The molecule has 0 atom stereocenters. The first-order valence-corrected chi connectivity index (χ1v) is 5.25. The molecule has 0 amide bonds. The van der Waals surface area contributed by atoms with Gasteiger partial charge < -0.3 is 10.9 Å². The molecule has 4 N–H and O–H groups in total. The highest BCUT2D eigenvalue weighted by Gasteiger charge is 2.09. The fourth-order valence-corrected chi connectivity index (χ4v) is 1.64. The van der Waals surface area contributed by atoms with Gasteiger partial charge >= 0.3 is 0 Å². The Balaban J connectivity index is 2.44. The second-order valence-electron chi connectivity index (χ2n) is 3.86. The summed E-state index contributed by atoms with van der Waals surface area (Å²) in [5.74, 6) is 0. The first kappa shape index (κ1) is 11.2. The second kappa shape index (κ2) is 4.29. The number of nitrogens with zero attached hydrogens (tertiary/aromatic N) is 2. The SMILES string of the molecule is Cc1c(N)c(Cc2ccccc2)nc(=N)n1O. The Morgan fingerprint density at radius 2 is 2.00 bits per heavy atom. The van der Waals surface area contributed by atoms with Crippen LogP contribution in [0, 0.1) is 12.3 Å².